The molecule has 3 rings (SSSR count). The number of esters is 1. The second-order valence-electron chi connectivity index (χ2n) is 12.3. The van der Waals surface area contributed by atoms with Gasteiger partial charge < -0.3 is 23.9 Å². The number of hydrogen-bond acceptors (Lipinski definition) is 9. The predicted molar refractivity (Wildman–Crippen MR) is 157 cm³/mol. The summed E-state index contributed by atoms with van der Waals surface area (Å²) >= 11 is 5.97. The molecule has 3 aromatic rings. The molecule has 0 radical (unpaired) electrons. The highest BCUT2D eigenvalue weighted by Crippen LogP contribution is 2.36. The van der Waals surface area contributed by atoms with Gasteiger partial charge in [0.05, 0.1) is 11.6 Å². The Bertz CT molecular complexity index is 1380. The van der Waals surface area contributed by atoms with Crippen molar-refractivity contribution in [2.75, 3.05) is 10.2 Å². The van der Waals surface area contributed by atoms with Gasteiger partial charge in [-0.25, -0.2) is 14.6 Å². The fourth-order valence-corrected chi connectivity index (χ4v) is 3.33. The lowest BCUT2D eigenvalue weighted by atomic mass is 9.97. The predicted octanol–water partition coefficient (Wildman–Crippen LogP) is 8.37. The lowest BCUT2D eigenvalue weighted by Gasteiger charge is -2.29. The van der Waals surface area contributed by atoms with Gasteiger partial charge in [-0.15, -0.1) is 0 Å². The molecule has 0 spiro atoms. The zero-order valence-corrected chi connectivity index (χ0v) is 25.5. The number of hydrogen-bond donors (Lipinski definition) is 1. The van der Waals surface area contributed by atoms with E-state index in [2.05, 4.69) is 10.3 Å². The second-order valence-corrected chi connectivity index (χ2v) is 12.7. The number of carbonyl (C=O) groups excluding carboxylic acids is 3. The van der Waals surface area contributed by atoms with Gasteiger partial charge in [-0.1, -0.05) is 11.6 Å². The van der Waals surface area contributed by atoms with Crippen molar-refractivity contribution >= 4 is 47.1 Å². The van der Waals surface area contributed by atoms with Crippen LogP contribution in [0.2, 0.25) is 5.02 Å². The molecule has 10 nitrogen and oxygen atoms in total. The Morgan fingerprint density at radius 2 is 1.41 bits per heavy atom. The van der Waals surface area contributed by atoms with Gasteiger partial charge in [-0.05, 0) is 98.7 Å². The van der Waals surface area contributed by atoms with Crippen molar-refractivity contribution in [3.8, 4) is 17.1 Å². The first-order valence-electron chi connectivity index (χ1n) is 12.9. The van der Waals surface area contributed by atoms with Crippen molar-refractivity contribution in [1.29, 1.82) is 0 Å². The van der Waals surface area contributed by atoms with E-state index >= 15 is 0 Å². The maximum atomic E-state index is 13.3. The summed E-state index contributed by atoms with van der Waals surface area (Å²) in [5.74, 6) is -0.178. The molecule has 0 unspecified atom stereocenters. The van der Waals surface area contributed by atoms with Crippen molar-refractivity contribution < 1.29 is 33.0 Å². The molecule has 2 aromatic carbocycles. The van der Waals surface area contributed by atoms with Gasteiger partial charge in [0.15, 0.2) is 11.5 Å². The average molecular weight is 586 g/mol. The molecular formula is C30H36ClN3O7. The van der Waals surface area contributed by atoms with E-state index < -0.39 is 34.8 Å². The Balaban J connectivity index is 2.04. The summed E-state index contributed by atoms with van der Waals surface area (Å²) in [5, 5.41) is 3.61. The average Bonchev–Trinajstić information content (AvgIpc) is 3.26. The standard InChI is InChI=1S/C30H36ClN3O7/c1-28(2,3)24(35)38-22-16-20(33-25-32-17-23(39-25)18-10-12-19(31)13-11-18)14-15-21(22)34(26(36)40-29(4,5)6)27(37)41-30(7,8)9/h10-17H,1-9H3,(H,32,33). The fraction of sp³-hybridized carbons (Fsp3) is 0.400. The molecule has 1 aromatic heterocycles. The lowest BCUT2D eigenvalue weighted by Crippen LogP contribution is -2.44. The smallest absolute Gasteiger partial charge is 0.424 e. The van der Waals surface area contributed by atoms with E-state index in [4.69, 9.17) is 30.2 Å². The van der Waals surface area contributed by atoms with Crippen LogP contribution in [0.5, 0.6) is 5.75 Å². The topological polar surface area (TPSA) is 120 Å². The lowest BCUT2D eigenvalue weighted by molar-refractivity contribution is -0.142. The molecular weight excluding hydrogens is 550 g/mol. The van der Waals surface area contributed by atoms with Crippen molar-refractivity contribution in [3.63, 3.8) is 0 Å². The first-order chi connectivity index (χ1) is 18.8. The van der Waals surface area contributed by atoms with Crippen molar-refractivity contribution in [2.45, 2.75) is 73.5 Å². The van der Waals surface area contributed by atoms with Gasteiger partial charge in [0.2, 0.25) is 0 Å². The molecule has 0 saturated heterocycles. The number of halogens is 1. The second kappa shape index (κ2) is 11.8. The third kappa shape index (κ3) is 8.97. The van der Waals surface area contributed by atoms with E-state index in [1.165, 1.54) is 12.1 Å². The number of benzene rings is 2. The van der Waals surface area contributed by atoms with Gasteiger partial charge >= 0.3 is 18.2 Å². The van der Waals surface area contributed by atoms with Gasteiger partial charge in [0.1, 0.15) is 16.9 Å². The van der Waals surface area contributed by atoms with Gasteiger partial charge in [0, 0.05) is 22.3 Å². The summed E-state index contributed by atoms with van der Waals surface area (Å²) in [6.45, 7) is 15.0. The monoisotopic (exact) mass is 585 g/mol. The number of nitrogens with one attached hydrogen (secondary N) is 1. The Labute approximate surface area is 244 Å². The third-order valence-electron chi connectivity index (χ3n) is 5.05. The van der Waals surface area contributed by atoms with Crippen LogP contribution in [0.3, 0.4) is 0 Å². The van der Waals surface area contributed by atoms with Crippen LogP contribution < -0.4 is 15.0 Å². The van der Waals surface area contributed by atoms with Crippen LogP contribution >= 0.6 is 11.6 Å². The highest BCUT2D eigenvalue weighted by molar-refractivity contribution is 6.30. The minimum atomic E-state index is -0.999. The molecule has 0 aliphatic heterocycles. The van der Waals surface area contributed by atoms with E-state index in [1.54, 1.807) is 98.8 Å². The van der Waals surface area contributed by atoms with Crippen LogP contribution in [0.4, 0.5) is 27.0 Å². The summed E-state index contributed by atoms with van der Waals surface area (Å²) in [6.07, 6.45) is -0.450. The number of amides is 2. The summed E-state index contributed by atoms with van der Waals surface area (Å²) in [5.41, 5.74) is -1.61. The number of imide groups is 1. The molecule has 0 atom stereocenters. The molecule has 220 valence electrons. The molecule has 0 saturated carbocycles. The SMILES string of the molecule is CC(C)(C)OC(=O)N(C(=O)OC(C)(C)C)c1ccc(Nc2ncc(-c3ccc(Cl)cc3)o2)cc1OC(=O)C(C)(C)C. The number of ether oxygens (including phenoxy) is 3. The normalized spacial score (nSPS) is 12.0. The number of rotatable bonds is 5. The highest BCUT2D eigenvalue weighted by atomic mass is 35.5. The number of oxazole rings is 1. The maximum absolute atomic E-state index is 13.3. The van der Waals surface area contributed by atoms with Crippen molar-refractivity contribution in [1.82, 2.24) is 4.98 Å². The van der Waals surface area contributed by atoms with Crippen LogP contribution in [0.1, 0.15) is 62.3 Å². The van der Waals surface area contributed by atoms with Gasteiger partial charge in [0.25, 0.3) is 6.01 Å². The Kier molecular flexibility index (Phi) is 9.08. The molecule has 1 N–H and O–H groups in total. The molecule has 2 amide bonds. The van der Waals surface area contributed by atoms with Crippen LogP contribution in [-0.2, 0) is 14.3 Å². The number of carbonyl (C=O) groups is 3. The molecule has 0 fully saturated rings. The van der Waals surface area contributed by atoms with Crippen molar-refractivity contribution in [3.05, 3.63) is 53.7 Å². The Morgan fingerprint density at radius 1 is 0.854 bits per heavy atom. The third-order valence-corrected chi connectivity index (χ3v) is 5.31. The maximum Gasteiger partial charge on any atom is 0.424 e. The Morgan fingerprint density at radius 3 is 1.93 bits per heavy atom. The zero-order valence-electron chi connectivity index (χ0n) is 24.7. The highest BCUT2D eigenvalue weighted by Gasteiger charge is 2.36. The van der Waals surface area contributed by atoms with Gasteiger partial charge in [-0.3, -0.25) is 4.79 Å². The molecule has 0 aliphatic rings. The quantitative estimate of drug-likeness (QED) is 0.232. The molecule has 41 heavy (non-hydrogen) atoms. The van der Waals surface area contributed by atoms with Crippen LogP contribution in [0.25, 0.3) is 11.3 Å². The molecule has 0 bridgehead atoms. The number of aromatic nitrogens is 1. The first kappa shape index (κ1) is 31.5. The first-order valence-corrected chi connectivity index (χ1v) is 13.3. The van der Waals surface area contributed by atoms with Crippen molar-refractivity contribution in [2.24, 2.45) is 5.41 Å². The summed E-state index contributed by atoms with van der Waals surface area (Å²) in [6, 6.07) is 11.7. The molecule has 11 heteroatoms. The van der Waals surface area contributed by atoms with Crippen LogP contribution in [0.15, 0.2) is 53.1 Å². The van der Waals surface area contributed by atoms with Crippen LogP contribution in [0, 0.1) is 5.41 Å². The van der Waals surface area contributed by atoms with Crippen LogP contribution in [-0.4, -0.2) is 34.3 Å². The Hall–Kier alpha value is -4.05. The van der Waals surface area contributed by atoms with E-state index in [0.717, 1.165) is 5.56 Å². The van der Waals surface area contributed by atoms with E-state index in [0.29, 0.717) is 21.4 Å². The van der Waals surface area contributed by atoms with E-state index in [1.807, 2.05) is 0 Å². The largest absolute Gasteiger partial charge is 0.443 e. The summed E-state index contributed by atoms with van der Waals surface area (Å²) < 4.78 is 22.5. The van der Waals surface area contributed by atoms with E-state index in [9.17, 15) is 14.4 Å². The zero-order chi connectivity index (χ0) is 30.8. The molecule has 0 aliphatic carbocycles. The number of anilines is 3. The minimum absolute atomic E-state index is 0.0501. The summed E-state index contributed by atoms with van der Waals surface area (Å²) in [4.78, 5) is 44.4. The van der Waals surface area contributed by atoms with Gasteiger partial charge in [-0.2, -0.15) is 4.90 Å². The fourth-order valence-electron chi connectivity index (χ4n) is 3.20. The number of nitrogens with zero attached hydrogens (tertiary/aromatic N) is 2. The van der Waals surface area contributed by atoms with E-state index in [-0.39, 0.29) is 17.5 Å². The minimum Gasteiger partial charge on any atom is -0.443 e. The summed E-state index contributed by atoms with van der Waals surface area (Å²) in [7, 11) is 0. The molecule has 1 heterocycles.